The third kappa shape index (κ3) is 4.79. The zero-order chi connectivity index (χ0) is 15.0. The quantitative estimate of drug-likeness (QED) is 0.762. The molecule has 0 aliphatic rings. The molecule has 0 spiro atoms. The van der Waals surface area contributed by atoms with Crippen molar-refractivity contribution in [2.75, 3.05) is 27.3 Å². The van der Waals surface area contributed by atoms with E-state index in [1.54, 1.807) is 25.3 Å². The van der Waals surface area contributed by atoms with Crippen molar-refractivity contribution in [3.8, 4) is 11.5 Å². The zero-order valence-electron chi connectivity index (χ0n) is 12.0. The SMILES string of the molecule is CCNC(=O)CNC(=O)Cc1cc(OC)ccc1OC. The Morgan fingerprint density at radius 2 is 1.85 bits per heavy atom. The van der Waals surface area contributed by atoms with Gasteiger partial charge in [-0.05, 0) is 25.1 Å². The molecule has 2 amide bonds. The van der Waals surface area contributed by atoms with Crippen molar-refractivity contribution in [2.24, 2.45) is 0 Å². The molecule has 0 saturated heterocycles. The first-order chi connectivity index (χ1) is 9.60. The minimum Gasteiger partial charge on any atom is -0.497 e. The van der Waals surface area contributed by atoms with Crippen LogP contribution in [0.25, 0.3) is 0 Å². The number of methoxy groups -OCH3 is 2. The van der Waals surface area contributed by atoms with Crippen molar-refractivity contribution in [3.05, 3.63) is 23.8 Å². The lowest BCUT2D eigenvalue weighted by atomic mass is 10.1. The van der Waals surface area contributed by atoms with E-state index >= 15 is 0 Å². The topological polar surface area (TPSA) is 76.7 Å². The summed E-state index contributed by atoms with van der Waals surface area (Å²) in [6, 6.07) is 5.24. The molecule has 110 valence electrons. The van der Waals surface area contributed by atoms with Crippen LogP contribution in [0.3, 0.4) is 0 Å². The molecule has 20 heavy (non-hydrogen) atoms. The van der Waals surface area contributed by atoms with Crippen LogP contribution >= 0.6 is 0 Å². The van der Waals surface area contributed by atoms with Crippen molar-refractivity contribution in [2.45, 2.75) is 13.3 Å². The molecule has 0 fully saturated rings. The lowest BCUT2D eigenvalue weighted by Crippen LogP contribution is -2.37. The predicted molar refractivity (Wildman–Crippen MR) is 74.9 cm³/mol. The first kappa shape index (κ1) is 15.8. The van der Waals surface area contributed by atoms with Crippen molar-refractivity contribution >= 4 is 11.8 Å². The highest BCUT2D eigenvalue weighted by molar-refractivity contribution is 5.86. The van der Waals surface area contributed by atoms with Gasteiger partial charge in [0, 0.05) is 12.1 Å². The summed E-state index contributed by atoms with van der Waals surface area (Å²) in [4.78, 5) is 23.1. The van der Waals surface area contributed by atoms with Gasteiger partial charge in [0.25, 0.3) is 0 Å². The predicted octanol–water partition coefficient (Wildman–Crippen LogP) is 0.499. The Balaban J connectivity index is 2.62. The normalized spacial score (nSPS) is 9.75. The molecule has 6 nitrogen and oxygen atoms in total. The number of carbonyl (C=O) groups is 2. The number of hydrogen-bond acceptors (Lipinski definition) is 4. The van der Waals surface area contributed by atoms with E-state index in [1.807, 2.05) is 6.92 Å². The number of likely N-dealkylation sites (N-methyl/N-ethyl adjacent to an activating group) is 1. The van der Waals surface area contributed by atoms with E-state index in [0.717, 1.165) is 0 Å². The van der Waals surface area contributed by atoms with Crippen molar-refractivity contribution in [3.63, 3.8) is 0 Å². The first-order valence-corrected chi connectivity index (χ1v) is 6.35. The second-order valence-corrected chi connectivity index (χ2v) is 4.08. The van der Waals surface area contributed by atoms with E-state index in [1.165, 1.54) is 7.11 Å². The van der Waals surface area contributed by atoms with Crippen LogP contribution in [0.5, 0.6) is 11.5 Å². The van der Waals surface area contributed by atoms with Gasteiger partial charge >= 0.3 is 0 Å². The van der Waals surface area contributed by atoms with Gasteiger partial charge in [-0.2, -0.15) is 0 Å². The maximum Gasteiger partial charge on any atom is 0.239 e. The summed E-state index contributed by atoms with van der Waals surface area (Å²) in [7, 11) is 3.10. The van der Waals surface area contributed by atoms with E-state index < -0.39 is 0 Å². The Bertz CT molecular complexity index is 474. The van der Waals surface area contributed by atoms with Gasteiger partial charge in [0.05, 0.1) is 27.2 Å². The van der Waals surface area contributed by atoms with Crippen LogP contribution < -0.4 is 20.1 Å². The first-order valence-electron chi connectivity index (χ1n) is 6.35. The van der Waals surface area contributed by atoms with E-state index in [0.29, 0.717) is 23.6 Å². The number of nitrogens with one attached hydrogen (secondary N) is 2. The van der Waals surface area contributed by atoms with E-state index in [9.17, 15) is 9.59 Å². The van der Waals surface area contributed by atoms with Crippen LogP contribution in [0.15, 0.2) is 18.2 Å². The van der Waals surface area contributed by atoms with E-state index in [-0.39, 0.29) is 24.8 Å². The average Bonchev–Trinajstić information content (AvgIpc) is 2.45. The average molecular weight is 280 g/mol. The summed E-state index contributed by atoms with van der Waals surface area (Å²) in [6.07, 6.45) is 0.125. The maximum absolute atomic E-state index is 11.8. The fourth-order valence-electron chi connectivity index (χ4n) is 1.69. The number of benzene rings is 1. The van der Waals surface area contributed by atoms with Crippen molar-refractivity contribution in [1.29, 1.82) is 0 Å². The summed E-state index contributed by atoms with van der Waals surface area (Å²) in [5.41, 5.74) is 0.709. The summed E-state index contributed by atoms with van der Waals surface area (Å²) in [5, 5.41) is 5.16. The highest BCUT2D eigenvalue weighted by atomic mass is 16.5. The third-order valence-corrected chi connectivity index (χ3v) is 2.66. The number of carbonyl (C=O) groups excluding carboxylic acids is 2. The molecule has 1 aromatic rings. The molecule has 0 heterocycles. The summed E-state index contributed by atoms with van der Waals surface area (Å²) < 4.78 is 10.3. The van der Waals surface area contributed by atoms with Gasteiger partial charge in [-0.25, -0.2) is 0 Å². The molecule has 0 atom stereocenters. The molecule has 0 unspecified atom stereocenters. The van der Waals surface area contributed by atoms with Gasteiger partial charge in [0.1, 0.15) is 11.5 Å². The summed E-state index contributed by atoms with van der Waals surface area (Å²) in [6.45, 7) is 2.33. The Labute approximate surface area is 118 Å². The Morgan fingerprint density at radius 1 is 1.10 bits per heavy atom. The molecule has 1 rings (SSSR count). The molecular formula is C14H20N2O4. The van der Waals surface area contributed by atoms with E-state index in [4.69, 9.17) is 9.47 Å². The van der Waals surface area contributed by atoms with Crippen LogP contribution in [0.1, 0.15) is 12.5 Å². The van der Waals surface area contributed by atoms with Crippen molar-refractivity contribution in [1.82, 2.24) is 10.6 Å². The molecule has 0 aromatic heterocycles. The van der Waals surface area contributed by atoms with E-state index in [2.05, 4.69) is 10.6 Å². The van der Waals surface area contributed by atoms with Gasteiger partial charge in [-0.15, -0.1) is 0 Å². The number of rotatable bonds is 7. The number of hydrogen-bond donors (Lipinski definition) is 2. The molecule has 2 N–H and O–H groups in total. The van der Waals surface area contributed by atoms with Gasteiger partial charge < -0.3 is 20.1 Å². The lowest BCUT2D eigenvalue weighted by molar-refractivity contribution is -0.125. The van der Waals surface area contributed by atoms with Crippen molar-refractivity contribution < 1.29 is 19.1 Å². The largest absolute Gasteiger partial charge is 0.497 e. The van der Waals surface area contributed by atoms with Gasteiger partial charge in [-0.1, -0.05) is 0 Å². The molecule has 0 aliphatic carbocycles. The summed E-state index contributed by atoms with van der Waals surface area (Å²) in [5.74, 6) is 0.803. The molecule has 1 aromatic carbocycles. The second kappa shape index (κ2) is 8.04. The van der Waals surface area contributed by atoms with Crippen LogP contribution in [0.4, 0.5) is 0 Å². The minimum atomic E-state index is -0.247. The fourth-order valence-corrected chi connectivity index (χ4v) is 1.69. The van der Waals surface area contributed by atoms with Crippen LogP contribution in [0.2, 0.25) is 0 Å². The molecule has 0 aliphatic heterocycles. The Hall–Kier alpha value is -2.24. The highest BCUT2D eigenvalue weighted by Crippen LogP contribution is 2.24. The minimum absolute atomic E-state index is 0.0288. The van der Waals surface area contributed by atoms with Crippen LogP contribution in [-0.4, -0.2) is 39.1 Å². The lowest BCUT2D eigenvalue weighted by Gasteiger charge is -2.10. The third-order valence-electron chi connectivity index (χ3n) is 2.66. The number of amides is 2. The Kier molecular flexibility index (Phi) is 6.36. The van der Waals surface area contributed by atoms with Gasteiger partial charge in [0.15, 0.2) is 0 Å². The standard InChI is InChI=1S/C14H20N2O4/c1-4-15-14(18)9-16-13(17)8-10-7-11(19-2)5-6-12(10)20-3/h5-7H,4,8-9H2,1-3H3,(H,15,18)(H,16,17). The van der Waals surface area contributed by atoms with Gasteiger partial charge in [0.2, 0.25) is 11.8 Å². The molecule has 6 heteroatoms. The van der Waals surface area contributed by atoms with Gasteiger partial charge in [-0.3, -0.25) is 9.59 Å². The monoisotopic (exact) mass is 280 g/mol. The van der Waals surface area contributed by atoms with Crippen LogP contribution in [-0.2, 0) is 16.0 Å². The summed E-state index contributed by atoms with van der Waals surface area (Å²) >= 11 is 0. The Morgan fingerprint density at radius 3 is 2.45 bits per heavy atom. The van der Waals surface area contributed by atoms with Crippen LogP contribution in [0, 0.1) is 0 Å². The smallest absolute Gasteiger partial charge is 0.239 e. The number of ether oxygens (including phenoxy) is 2. The second-order valence-electron chi connectivity index (χ2n) is 4.08. The molecular weight excluding hydrogens is 260 g/mol. The maximum atomic E-state index is 11.8. The fraction of sp³-hybridized carbons (Fsp3) is 0.429. The molecule has 0 saturated carbocycles. The molecule has 0 radical (unpaired) electrons. The molecule has 0 bridgehead atoms. The zero-order valence-corrected chi connectivity index (χ0v) is 12.0. The highest BCUT2D eigenvalue weighted by Gasteiger charge is 2.11.